The minimum absolute atomic E-state index is 0.136. The van der Waals surface area contributed by atoms with Crippen LogP contribution in [0.15, 0.2) is 79.0 Å². The number of pyridine rings is 2. The topological polar surface area (TPSA) is 131 Å². The number of nitrogen functional groups attached to an aromatic ring is 1. The first-order chi connectivity index (χ1) is 18.8. The monoisotopic (exact) mass is 521 g/mol. The van der Waals surface area contributed by atoms with E-state index in [1.165, 1.54) is 6.92 Å². The molecule has 0 saturated carbocycles. The smallest absolute Gasteiger partial charge is 0.221 e. The molecular formula is C30H31N7O2. The molecule has 5 rings (SSSR count). The Balaban J connectivity index is 1.62. The Bertz CT molecular complexity index is 1630. The Morgan fingerprint density at radius 1 is 1.03 bits per heavy atom. The zero-order valence-electron chi connectivity index (χ0n) is 22.1. The normalized spacial score (nSPS) is 12.1. The fourth-order valence-electron chi connectivity index (χ4n) is 4.56. The number of nitrogens with one attached hydrogen (secondary N) is 2. The number of nitrogens with zero attached hydrogens (tertiary/aromatic N) is 4. The van der Waals surface area contributed by atoms with Gasteiger partial charge >= 0.3 is 0 Å². The van der Waals surface area contributed by atoms with E-state index in [2.05, 4.69) is 15.6 Å². The number of carbonyl (C=O) groups excluding carboxylic acids is 1. The van der Waals surface area contributed by atoms with Crippen LogP contribution in [0.5, 0.6) is 0 Å². The van der Waals surface area contributed by atoms with E-state index in [-0.39, 0.29) is 11.9 Å². The van der Waals surface area contributed by atoms with Crippen LogP contribution < -0.4 is 16.4 Å². The Morgan fingerprint density at radius 2 is 1.82 bits per heavy atom. The number of nitrogens with two attached hydrogens (primary N) is 1. The summed E-state index contributed by atoms with van der Waals surface area (Å²) in [6, 6.07) is 23.3. The van der Waals surface area contributed by atoms with Gasteiger partial charge in [0.25, 0.3) is 0 Å². The van der Waals surface area contributed by atoms with Crippen molar-refractivity contribution >= 4 is 28.6 Å². The van der Waals surface area contributed by atoms with Gasteiger partial charge in [-0.15, -0.1) is 0 Å². The second-order valence-electron chi connectivity index (χ2n) is 9.72. The van der Waals surface area contributed by atoms with Crippen molar-refractivity contribution in [3.8, 4) is 28.3 Å². The molecule has 0 aliphatic heterocycles. The van der Waals surface area contributed by atoms with Gasteiger partial charge in [0.2, 0.25) is 5.91 Å². The van der Waals surface area contributed by atoms with Crippen LogP contribution in [0.2, 0.25) is 0 Å². The molecule has 5 aromatic rings. The number of benzene rings is 2. The number of hydrogen-bond donors (Lipinski definition) is 4. The number of rotatable bonds is 8. The fraction of sp³-hybridized carbons (Fsp3) is 0.200. The van der Waals surface area contributed by atoms with Crippen LogP contribution in [-0.4, -0.2) is 42.8 Å². The van der Waals surface area contributed by atoms with Crippen LogP contribution in [0, 0.1) is 0 Å². The highest BCUT2D eigenvalue weighted by atomic mass is 16.3. The summed E-state index contributed by atoms with van der Waals surface area (Å²) in [7, 11) is 0. The fourth-order valence-corrected chi connectivity index (χ4v) is 4.56. The molecule has 1 amide bonds. The van der Waals surface area contributed by atoms with Crippen molar-refractivity contribution in [1.82, 2.24) is 24.8 Å². The maximum absolute atomic E-state index is 11.6. The minimum Gasteiger partial charge on any atom is -0.383 e. The molecule has 0 fully saturated rings. The summed E-state index contributed by atoms with van der Waals surface area (Å²) < 4.78 is 1.97. The van der Waals surface area contributed by atoms with Gasteiger partial charge in [-0.05, 0) is 67.9 Å². The average molecular weight is 522 g/mol. The highest BCUT2D eigenvalue weighted by molar-refractivity contribution is 5.90. The number of carbonyl (C=O) groups is 1. The summed E-state index contributed by atoms with van der Waals surface area (Å²) >= 11 is 0. The van der Waals surface area contributed by atoms with Gasteiger partial charge in [-0.1, -0.05) is 24.3 Å². The third-order valence-electron chi connectivity index (χ3n) is 6.21. The molecule has 3 aromatic heterocycles. The summed E-state index contributed by atoms with van der Waals surface area (Å²) in [6.45, 7) is 5.48. The predicted molar refractivity (Wildman–Crippen MR) is 154 cm³/mol. The molecule has 0 spiro atoms. The zero-order valence-corrected chi connectivity index (χ0v) is 22.1. The highest BCUT2D eigenvalue weighted by Gasteiger charge is 2.19. The number of anilines is 2. The van der Waals surface area contributed by atoms with E-state index in [0.29, 0.717) is 40.5 Å². The molecule has 9 nitrogen and oxygen atoms in total. The summed E-state index contributed by atoms with van der Waals surface area (Å²) in [5.74, 6) is 0.863. The molecule has 0 radical (unpaired) electrons. The molecule has 0 bridgehead atoms. The number of fused-ring (bicyclic) bond motifs is 1. The maximum Gasteiger partial charge on any atom is 0.221 e. The summed E-state index contributed by atoms with van der Waals surface area (Å²) in [6.07, 6.45) is 1.50. The Hall–Kier alpha value is -4.60. The molecule has 9 heteroatoms. The van der Waals surface area contributed by atoms with Crippen molar-refractivity contribution < 1.29 is 9.90 Å². The highest BCUT2D eigenvalue weighted by Crippen LogP contribution is 2.32. The summed E-state index contributed by atoms with van der Waals surface area (Å²) in [5.41, 5.74) is 12.5. The molecular weight excluding hydrogens is 490 g/mol. The van der Waals surface area contributed by atoms with Gasteiger partial charge < -0.3 is 16.2 Å². The molecule has 39 heavy (non-hydrogen) atoms. The maximum atomic E-state index is 11.6. The second kappa shape index (κ2) is 11.0. The number of amides is 1. The van der Waals surface area contributed by atoms with E-state index >= 15 is 0 Å². The lowest BCUT2D eigenvalue weighted by molar-refractivity contribution is -0.114. The van der Waals surface area contributed by atoms with E-state index in [1.807, 2.05) is 91.2 Å². The molecule has 1 atom stereocenters. The van der Waals surface area contributed by atoms with Gasteiger partial charge in [-0.25, -0.2) is 15.0 Å². The molecule has 2 aromatic carbocycles. The lowest BCUT2D eigenvalue weighted by atomic mass is 10.1. The first-order valence-corrected chi connectivity index (χ1v) is 12.8. The van der Waals surface area contributed by atoms with Crippen molar-refractivity contribution in [2.75, 3.05) is 11.1 Å². The largest absolute Gasteiger partial charge is 0.383 e. The molecule has 198 valence electrons. The van der Waals surface area contributed by atoms with Crippen LogP contribution in [0.25, 0.3) is 39.5 Å². The van der Waals surface area contributed by atoms with Crippen molar-refractivity contribution in [1.29, 1.82) is 0 Å². The lowest BCUT2D eigenvalue weighted by Gasteiger charge is -2.16. The van der Waals surface area contributed by atoms with Gasteiger partial charge in [-0.2, -0.15) is 0 Å². The number of imidazole rings is 1. The van der Waals surface area contributed by atoms with Gasteiger partial charge in [-0.3, -0.25) is 14.7 Å². The molecule has 0 aliphatic carbocycles. The van der Waals surface area contributed by atoms with Crippen molar-refractivity contribution in [2.45, 2.75) is 39.5 Å². The number of aromatic nitrogens is 4. The standard InChI is InChI=1S/C30H31N7O2/c1-18(2)33-27(39)16-20-9-11-23(12-10-20)37-29(24-8-5-15-32-28(24)31)36-26-14-13-25(35-30(26)37)21-6-4-7-22(17-21)34-19(3)38/h4-15,17-18,27,33,39H,16H2,1-3H3,(H2,31,32)(H,34,38). The molecule has 0 saturated heterocycles. The number of aliphatic hydroxyl groups is 1. The third kappa shape index (κ3) is 5.79. The van der Waals surface area contributed by atoms with Crippen LogP contribution in [-0.2, 0) is 11.2 Å². The van der Waals surface area contributed by atoms with Gasteiger partial charge in [0.1, 0.15) is 17.6 Å². The average Bonchev–Trinajstić information content (AvgIpc) is 3.27. The molecule has 1 unspecified atom stereocenters. The Labute approximate surface area is 226 Å². The van der Waals surface area contributed by atoms with Crippen LogP contribution >= 0.6 is 0 Å². The predicted octanol–water partition coefficient (Wildman–Crippen LogP) is 4.55. The summed E-state index contributed by atoms with van der Waals surface area (Å²) in [4.78, 5) is 25.7. The van der Waals surface area contributed by atoms with Gasteiger partial charge in [0.05, 0.1) is 11.3 Å². The second-order valence-corrected chi connectivity index (χ2v) is 9.72. The lowest BCUT2D eigenvalue weighted by Crippen LogP contribution is -2.36. The van der Waals surface area contributed by atoms with Crippen molar-refractivity contribution in [2.24, 2.45) is 0 Å². The first kappa shape index (κ1) is 26.0. The van der Waals surface area contributed by atoms with E-state index in [9.17, 15) is 9.90 Å². The van der Waals surface area contributed by atoms with E-state index in [1.54, 1.807) is 6.20 Å². The minimum atomic E-state index is -0.631. The molecule has 5 N–H and O–H groups in total. The van der Waals surface area contributed by atoms with Gasteiger partial charge in [0, 0.05) is 42.5 Å². The van der Waals surface area contributed by atoms with E-state index in [0.717, 1.165) is 22.5 Å². The van der Waals surface area contributed by atoms with E-state index in [4.69, 9.17) is 15.7 Å². The van der Waals surface area contributed by atoms with Gasteiger partial charge in [0.15, 0.2) is 11.5 Å². The van der Waals surface area contributed by atoms with Crippen LogP contribution in [0.4, 0.5) is 11.5 Å². The van der Waals surface area contributed by atoms with Crippen molar-refractivity contribution in [3.05, 3.63) is 84.6 Å². The number of hydrogen-bond acceptors (Lipinski definition) is 7. The molecule has 3 heterocycles. The Morgan fingerprint density at radius 3 is 2.54 bits per heavy atom. The number of aliphatic hydroxyl groups excluding tert-OH is 1. The van der Waals surface area contributed by atoms with Crippen LogP contribution in [0.3, 0.4) is 0 Å². The van der Waals surface area contributed by atoms with Crippen molar-refractivity contribution in [3.63, 3.8) is 0 Å². The SMILES string of the molecule is CC(=O)Nc1cccc(-c2ccc3nc(-c4cccnc4N)n(-c4ccc(CC(O)NC(C)C)cc4)c3n2)c1. The summed E-state index contributed by atoms with van der Waals surface area (Å²) in [5, 5.41) is 16.3. The third-order valence-corrected chi connectivity index (χ3v) is 6.21. The molecule has 0 aliphatic rings. The van der Waals surface area contributed by atoms with E-state index < -0.39 is 6.23 Å². The van der Waals surface area contributed by atoms with Crippen LogP contribution in [0.1, 0.15) is 26.3 Å². The zero-order chi connectivity index (χ0) is 27.5. The first-order valence-electron chi connectivity index (χ1n) is 12.8. The Kier molecular flexibility index (Phi) is 7.36. The quantitative estimate of drug-likeness (QED) is 0.220.